The van der Waals surface area contributed by atoms with E-state index in [1.165, 1.54) is 16.5 Å². The molecule has 0 amide bonds. The van der Waals surface area contributed by atoms with Crippen molar-refractivity contribution in [1.82, 2.24) is 9.88 Å². The molecule has 0 saturated heterocycles. The van der Waals surface area contributed by atoms with Crippen LogP contribution in [0.2, 0.25) is 0 Å². The Labute approximate surface area is 109 Å². The van der Waals surface area contributed by atoms with Crippen molar-refractivity contribution < 1.29 is 0 Å². The summed E-state index contributed by atoms with van der Waals surface area (Å²) in [6.45, 7) is 4.85. The Morgan fingerprint density at radius 2 is 2.35 bits per heavy atom. The number of hydrogen-bond donors (Lipinski definition) is 1. The van der Waals surface area contributed by atoms with Gasteiger partial charge >= 0.3 is 0 Å². The van der Waals surface area contributed by atoms with Crippen LogP contribution in [-0.4, -0.2) is 23.5 Å². The first-order valence-electron chi connectivity index (χ1n) is 5.76. The van der Waals surface area contributed by atoms with Crippen LogP contribution >= 0.6 is 15.9 Å². The minimum absolute atomic E-state index is 0.834. The topological polar surface area (TPSA) is 29.3 Å². The molecule has 1 N–H and O–H groups in total. The number of benzene rings is 1. The SMILES string of the molecule is Cc1cn(CC2=NCCN2)c2cc(Br)ccc12. The molecule has 1 aromatic carbocycles. The van der Waals surface area contributed by atoms with Crippen LogP contribution in [0.25, 0.3) is 10.9 Å². The van der Waals surface area contributed by atoms with Crippen LogP contribution < -0.4 is 5.32 Å². The van der Waals surface area contributed by atoms with Crippen molar-refractivity contribution >= 4 is 32.7 Å². The van der Waals surface area contributed by atoms with Crippen LogP contribution in [-0.2, 0) is 6.54 Å². The molecule has 0 aliphatic carbocycles. The maximum Gasteiger partial charge on any atom is 0.117 e. The van der Waals surface area contributed by atoms with Crippen LogP contribution in [0.5, 0.6) is 0 Å². The first-order chi connectivity index (χ1) is 8.24. The molecule has 0 atom stereocenters. The number of fused-ring (bicyclic) bond motifs is 1. The standard InChI is InChI=1S/C13H14BrN3/c1-9-7-17(8-13-15-4-5-16-13)12-6-10(14)2-3-11(9)12/h2-3,6-7H,4-5,8H2,1H3,(H,15,16). The monoisotopic (exact) mass is 291 g/mol. The third-order valence-electron chi connectivity index (χ3n) is 3.11. The number of nitrogens with zero attached hydrogens (tertiary/aromatic N) is 2. The Balaban J connectivity index is 2.06. The molecule has 3 nitrogen and oxygen atoms in total. The molecule has 0 fully saturated rings. The van der Waals surface area contributed by atoms with Gasteiger partial charge in [0.05, 0.1) is 13.1 Å². The van der Waals surface area contributed by atoms with Gasteiger partial charge in [-0.15, -0.1) is 0 Å². The lowest BCUT2D eigenvalue weighted by Gasteiger charge is -2.06. The van der Waals surface area contributed by atoms with E-state index in [0.29, 0.717) is 0 Å². The summed E-state index contributed by atoms with van der Waals surface area (Å²) in [5.74, 6) is 1.09. The van der Waals surface area contributed by atoms with Crippen molar-refractivity contribution in [2.24, 2.45) is 4.99 Å². The van der Waals surface area contributed by atoms with Crippen molar-refractivity contribution in [2.75, 3.05) is 13.1 Å². The third kappa shape index (κ3) is 1.97. The van der Waals surface area contributed by atoms with Gasteiger partial charge in [0.25, 0.3) is 0 Å². The summed E-state index contributed by atoms with van der Waals surface area (Å²) in [5.41, 5.74) is 2.57. The van der Waals surface area contributed by atoms with Gasteiger partial charge in [-0.05, 0) is 24.6 Å². The van der Waals surface area contributed by atoms with E-state index in [-0.39, 0.29) is 0 Å². The second-order valence-electron chi connectivity index (χ2n) is 4.36. The molecule has 4 heteroatoms. The van der Waals surface area contributed by atoms with Gasteiger partial charge < -0.3 is 9.88 Å². The molecule has 2 heterocycles. The summed E-state index contributed by atoms with van der Waals surface area (Å²) < 4.78 is 3.37. The van der Waals surface area contributed by atoms with Crippen LogP contribution in [0.3, 0.4) is 0 Å². The maximum absolute atomic E-state index is 4.44. The van der Waals surface area contributed by atoms with Gasteiger partial charge in [-0.25, -0.2) is 0 Å². The molecule has 0 radical (unpaired) electrons. The van der Waals surface area contributed by atoms with Crippen LogP contribution in [0.15, 0.2) is 33.9 Å². The van der Waals surface area contributed by atoms with E-state index in [4.69, 9.17) is 0 Å². The fraction of sp³-hybridized carbons (Fsp3) is 0.308. The average molecular weight is 292 g/mol. The van der Waals surface area contributed by atoms with E-state index in [9.17, 15) is 0 Å². The number of amidine groups is 1. The largest absolute Gasteiger partial charge is 0.370 e. The van der Waals surface area contributed by atoms with Gasteiger partial charge in [0, 0.05) is 28.1 Å². The first-order valence-corrected chi connectivity index (χ1v) is 6.55. The number of hydrogen-bond acceptors (Lipinski definition) is 2. The summed E-state index contributed by atoms with van der Waals surface area (Å²) >= 11 is 3.53. The Hall–Kier alpha value is -1.29. The molecular weight excluding hydrogens is 278 g/mol. The lowest BCUT2D eigenvalue weighted by molar-refractivity contribution is 0.860. The molecule has 0 unspecified atom stereocenters. The summed E-state index contributed by atoms with van der Waals surface area (Å²) in [5, 5.41) is 4.62. The minimum atomic E-state index is 0.834. The van der Waals surface area contributed by atoms with Crippen LogP contribution in [0, 0.1) is 6.92 Å². The Morgan fingerprint density at radius 1 is 1.47 bits per heavy atom. The number of halogens is 1. The lowest BCUT2D eigenvalue weighted by atomic mass is 10.2. The van der Waals surface area contributed by atoms with Crippen molar-refractivity contribution in [1.29, 1.82) is 0 Å². The quantitative estimate of drug-likeness (QED) is 0.906. The van der Waals surface area contributed by atoms with Crippen molar-refractivity contribution in [3.05, 3.63) is 34.4 Å². The predicted molar refractivity (Wildman–Crippen MR) is 74.7 cm³/mol. The van der Waals surface area contributed by atoms with Crippen LogP contribution in [0.1, 0.15) is 5.56 Å². The molecule has 2 aromatic rings. The summed E-state index contributed by atoms with van der Waals surface area (Å²) in [4.78, 5) is 4.44. The smallest absolute Gasteiger partial charge is 0.117 e. The van der Waals surface area contributed by atoms with E-state index in [0.717, 1.165) is 29.9 Å². The Morgan fingerprint density at radius 3 is 3.12 bits per heavy atom. The predicted octanol–water partition coefficient (Wildman–Crippen LogP) is 2.71. The summed E-state index contributed by atoms with van der Waals surface area (Å²) in [7, 11) is 0. The molecule has 0 spiro atoms. The normalized spacial score (nSPS) is 15.1. The molecule has 1 aliphatic rings. The highest BCUT2D eigenvalue weighted by molar-refractivity contribution is 9.10. The van der Waals surface area contributed by atoms with Crippen LogP contribution in [0.4, 0.5) is 0 Å². The number of aliphatic imine (C=N–C) groups is 1. The molecule has 1 aliphatic heterocycles. The van der Waals surface area contributed by atoms with E-state index in [1.807, 2.05) is 0 Å². The molecule has 3 rings (SSSR count). The zero-order valence-electron chi connectivity index (χ0n) is 9.70. The van der Waals surface area contributed by atoms with Crippen molar-refractivity contribution in [3.63, 3.8) is 0 Å². The molecule has 88 valence electrons. The van der Waals surface area contributed by atoms with Gasteiger partial charge in [-0.2, -0.15) is 0 Å². The highest BCUT2D eigenvalue weighted by Crippen LogP contribution is 2.24. The number of rotatable bonds is 2. The fourth-order valence-electron chi connectivity index (χ4n) is 2.29. The van der Waals surface area contributed by atoms with E-state index < -0.39 is 0 Å². The molecule has 0 saturated carbocycles. The average Bonchev–Trinajstić information content (AvgIpc) is 2.89. The van der Waals surface area contributed by atoms with Gasteiger partial charge in [-0.1, -0.05) is 22.0 Å². The Kier molecular flexibility index (Phi) is 2.67. The lowest BCUT2D eigenvalue weighted by Crippen LogP contribution is -2.23. The minimum Gasteiger partial charge on any atom is -0.370 e. The maximum atomic E-state index is 4.44. The summed E-state index contributed by atoms with van der Waals surface area (Å²) in [6, 6.07) is 6.41. The second kappa shape index (κ2) is 4.18. The highest BCUT2D eigenvalue weighted by atomic mass is 79.9. The van der Waals surface area contributed by atoms with Gasteiger partial charge in [0.15, 0.2) is 0 Å². The number of aryl methyl sites for hydroxylation is 1. The molecule has 1 aromatic heterocycles. The summed E-state index contributed by atoms with van der Waals surface area (Å²) in [6.07, 6.45) is 2.19. The second-order valence-corrected chi connectivity index (χ2v) is 5.27. The van der Waals surface area contributed by atoms with E-state index in [1.54, 1.807) is 0 Å². The number of nitrogens with one attached hydrogen (secondary N) is 1. The van der Waals surface area contributed by atoms with E-state index in [2.05, 4.69) is 62.1 Å². The first kappa shape index (κ1) is 10.8. The number of aromatic nitrogens is 1. The Bertz CT molecular complexity index is 598. The highest BCUT2D eigenvalue weighted by Gasteiger charge is 2.10. The van der Waals surface area contributed by atoms with E-state index >= 15 is 0 Å². The van der Waals surface area contributed by atoms with Gasteiger partial charge in [0.2, 0.25) is 0 Å². The third-order valence-corrected chi connectivity index (χ3v) is 3.60. The van der Waals surface area contributed by atoms with Gasteiger partial charge in [0.1, 0.15) is 5.84 Å². The molecule has 17 heavy (non-hydrogen) atoms. The van der Waals surface area contributed by atoms with Gasteiger partial charge in [-0.3, -0.25) is 4.99 Å². The van der Waals surface area contributed by atoms with Crippen molar-refractivity contribution in [3.8, 4) is 0 Å². The molecular formula is C13H14BrN3. The zero-order chi connectivity index (χ0) is 11.8. The zero-order valence-corrected chi connectivity index (χ0v) is 11.3. The fourth-order valence-corrected chi connectivity index (χ4v) is 2.64. The van der Waals surface area contributed by atoms with Crippen molar-refractivity contribution in [2.45, 2.75) is 13.5 Å². The molecule has 0 bridgehead atoms.